The fourth-order valence-corrected chi connectivity index (χ4v) is 1.97. The zero-order chi connectivity index (χ0) is 16.8. The Morgan fingerprint density at radius 2 is 2.09 bits per heavy atom. The van der Waals surface area contributed by atoms with Crippen LogP contribution >= 0.6 is 11.6 Å². The largest absolute Gasteiger partial charge is 0.444 e. The highest BCUT2D eigenvalue weighted by Crippen LogP contribution is 2.14. The summed E-state index contributed by atoms with van der Waals surface area (Å²) in [6, 6.07) is 4.49. The van der Waals surface area contributed by atoms with Crippen molar-refractivity contribution in [2.45, 2.75) is 39.3 Å². The van der Waals surface area contributed by atoms with E-state index in [1.807, 2.05) is 20.8 Å². The Morgan fingerprint density at radius 1 is 1.41 bits per heavy atom. The zero-order valence-corrected chi connectivity index (χ0v) is 14.3. The minimum absolute atomic E-state index is 0.275. The summed E-state index contributed by atoms with van der Waals surface area (Å²) in [5, 5.41) is 3.65. The van der Waals surface area contributed by atoms with Crippen molar-refractivity contribution in [1.29, 1.82) is 0 Å². The molecule has 124 valence electrons. The maximum atomic E-state index is 13.5. The van der Waals surface area contributed by atoms with E-state index >= 15 is 0 Å². The number of amides is 1. The fourth-order valence-electron chi connectivity index (χ4n) is 1.77. The van der Waals surface area contributed by atoms with E-state index in [4.69, 9.17) is 16.3 Å². The summed E-state index contributed by atoms with van der Waals surface area (Å²) in [7, 11) is 1.70. The summed E-state index contributed by atoms with van der Waals surface area (Å²) in [6.45, 7) is 7.14. The third kappa shape index (κ3) is 7.09. The molecule has 1 rings (SSSR count). The number of hydrogen-bond acceptors (Lipinski definition) is 3. The van der Waals surface area contributed by atoms with E-state index in [-0.39, 0.29) is 11.9 Å². The minimum atomic E-state index is -0.492. The van der Waals surface area contributed by atoms with E-state index in [0.29, 0.717) is 30.2 Å². The van der Waals surface area contributed by atoms with E-state index < -0.39 is 5.60 Å². The van der Waals surface area contributed by atoms with Crippen molar-refractivity contribution in [2.24, 2.45) is 0 Å². The molecule has 1 aromatic carbocycles. The van der Waals surface area contributed by atoms with Crippen LogP contribution in [0.2, 0.25) is 5.02 Å². The first-order valence-electron chi connectivity index (χ1n) is 7.28. The molecule has 0 unspecified atom stereocenters. The Balaban J connectivity index is 2.25. The number of halogens is 2. The summed E-state index contributed by atoms with van der Waals surface area (Å²) < 4.78 is 18.8. The zero-order valence-electron chi connectivity index (χ0n) is 13.6. The van der Waals surface area contributed by atoms with Gasteiger partial charge in [0.15, 0.2) is 0 Å². The van der Waals surface area contributed by atoms with Crippen LogP contribution in [0.5, 0.6) is 0 Å². The minimum Gasteiger partial charge on any atom is -0.444 e. The molecule has 0 saturated carbocycles. The lowest BCUT2D eigenvalue weighted by Crippen LogP contribution is -2.35. The summed E-state index contributed by atoms with van der Waals surface area (Å²) in [6.07, 6.45) is 0.408. The first kappa shape index (κ1) is 18.7. The number of nitrogens with one attached hydrogen (secondary N) is 1. The second-order valence-corrected chi connectivity index (χ2v) is 6.60. The summed E-state index contributed by atoms with van der Waals surface area (Å²) in [5.41, 5.74) is 0.0428. The highest BCUT2D eigenvalue weighted by atomic mass is 35.5. The Kier molecular flexibility index (Phi) is 7.10. The Hall–Kier alpha value is -1.33. The van der Waals surface area contributed by atoms with Crippen molar-refractivity contribution in [3.05, 3.63) is 34.6 Å². The predicted molar refractivity (Wildman–Crippen MR) is 86.6 cm³/mol. The maximum absolute atomic E-state index is 13.5. The van der Waals surface area contributed by atoms with E-state index in [1.165, 1.54) is 17.0 Å². The molecule has 0 saturated heterocycles. The van der Waals surface area contributed by atoms with Crippen molar-refractivity contribution in [2.75, 3.05) is 20.1 Å². The molecule has 6 heteroatoms. The van der Waals surface area contributed by atoms with Crippen molar-refractivity contribution in [3.63, 3.8) is 0 Å². The molecule has 0 heterocycles. The number of ether oxygens (including phenoxy) is 1. The molecule has 1 amide bonds. The van der Waals surface area contributed by atoms with Gasteiger partial charge < -0.3 is 15.0 Å². The molecule has 22 heavy (non-hydrogen) atoms. The standard InChI is InChI=1S/C16H24ClFN2O2/c1-16(2,3)22-15(21)20(4)9-5-8-19-11-12-10-13(17)6-7-14(12)18/h6-7,10,19H,5,8-9,11H2,1-4H3. The van der Waals surface area contributed by atoms with Gasteiger partial charge in [-0.15, -0.1) is 0 Å². The highest BCUT2D eigenvalue weighted by molar-refractivity contribution is 6.30. The third-order valence-corrected chi connectivity index (χ3v) is 3.11. The lowest BCUT2D eigenvalue weighted by Gasteiger charge is -2.24. The third-order valence-electron chi connectivity index (χ3n) is 2.88. The van der Waals surface area contributed by atoms with Gasteiger partial charge in [-0.2, -0.15) is 0 Å². The Morgan fingerprint density at radius 3 is 2.73 bits per heavy atom. The molecule has 1 aromatic rings. The number of hydrogen-bond donors (Lipinski definition) is 1. The quantitative estimate of drug-likeness (QED) is 0.806. The topological polar surface area (TPSA) is 41.6 Å². The highest BCUT2D eigenvalue weighted by Gasteiger charge is 2.18. The second-order valence-electron chi connectivity index (χ2n) is 6.17. The van der Waals surface area contributed by atoms with Crippen LogP contribution in [-0.2, 0) is 11.3 Å². The van der Waals surface area contributed by atoms with Gasteiger partial charge in [0.25, 0.3) is 0 Å². The molecule has 4 nitrogen and oxygen atoms in total. The predicted octanol–water partition coefficient (Wildman–Crippen LogP) is 3.83. The van der Waals surface area contributed by atoms with Gasteiger partial charge in [-0.3, -0.25) is 0 Å². The molecular weight excluding hydrogens is 307 g/mol. The Bertz CT molecular complexity index is 503. The van der Waals surface area contributed by atoms with Gasteiger partial charge in [-0.05, 0) is 51.9 Å². The normalized spacial score (nSPS) is 11.4. The van der Waals surface area contributed by atoms with Gasteiger partial charge in [0, 0.05) is 30.7 Å². The maximum Gasteiger partial charge on any atom is 0.410 e. The molecule has 0 aliphatic heterocycles. The smallest absolute Gasteiger partial charge is 0.410 e. The molecule has 0 aliphatic carbocycles. The van der Waals surface area contributed by atoms with Crippen LogP contribution in [-0.4, -0.2) is 36.7 Å². The van der Waals surface area contributed by atoms with Gasteiger partial charge in [0.05, 0.1) is 0 Å². The van der Waals surface area contributed by atoms with E-state index in [2.05, 4.69) is 5.32 Å². The van der Waals surface area contributed by atoms with Crippen molar-refractivity contribution < 1.29 is 13.9 Å². The number of carbonyl (C=O) groups excluding carboxylic acids is 1. The average Bonchev–Trinajstić information content (AvgIpc) is 2.40. The fraction of sp³-hybridized carbons (Fsp3) is 0.562. The monoisotopic (exact) mass is 330 g/mol. The molecule has 0 aromatic heterocycles. The van der Waals surface area contributed by atoms with Gasteiger partial charge in [-0.1, -0.05) is 11.6 Å². The molecule has 0 atom stereocenters. The van der Waals surface area contributed by atoms with Crippen LogP contribution in [0.25, 0.3) is 0 Å². The van der Waals surface area contributed by atoms with Crippen molar-refractivity contribution in [3.8, 4) is 0 Å². The molecule has 1 N–H and O–H groups in total. The average molecular weight is 331 g/mol. The van der Waals surface area contributed by atoms with E-state index in [1.54, 1.807) is 13.1 Å². The van der Waals surface area contributed by atoms with Crippen LogP contribution in [0.3, 0.4) is 0 Å². The number of carbonyl (C=O) groups is 1. The number of rotatable bonds is 6. The SMILES string of the molecule is CN(CCCNCc1cc(Cl)ccc1F)C(=O)OC(C)(C)C. The molecule has 0 radical (unpaired) electrons. The van der Waals surface area contributed by atoms with Crippen LogP contribution < -0.4 is 5.32 Å². The van der Waals surface area contributed by atoms with E-state index in [9.17, 15) is 9.18 Å². The first-order valence-corrected chi connectivity index (χ1v) is 7.65. The lowest BCUT2D eigenvalue weighted by atomic mass is 10.2. The molecular formula is C16H24ClFN2O2. The summed E-state index contributed by atoms with van der Waals surface area (Å²) in [5.74, 6) is -0.275. The summed E-state index contributed by atoms with van der Waals surface area (Å²) in [4.78, 5) is 13.3. The molecule has 0 spiro atoms. The van der Waals surface area contributed by atoms with Crippen LogP contribution in [0.1, 0.15) is 32.8 Å². The first-order chi connectivity index (χ1) is 10.2. The Labute approximate surface area is 136 Å². The second kappa shape index (κ2) is 8.34. The number of benzene rings is 1. The van der Waals surface area contributed by atoms with Crippen molar-refractivity contribution >= 4 is 17.7 Å². The lowest BCUT2D eigenvalue weighted by molar-refractivity contribution is 0.0297. The van der Waals surface area contributed by atoms with E-state index in [0.717, 1.165) is 6.42 Å². The molecule has 0 fully saturated rings. The van der Waals surface area contributed by atoms with Crippen LogP contribution in [0.15, 0.2) is 18.2 Å². The van der Waals surface area contributed by atoms with Gasteiger partial charge in [0.2, 0.25) is 0 Å². The molecule has 0 aliphatic rings. The van der Waals surface area contributed by atoms with Crippen LogP contribution in [0, 0.1) is 5.82 Å². The van der Waals surface area contributed by atoms with Gasteiger partial charge >= 0.3 is 6.09 Å². The molecule has 0 bridgehead atoms. The van der Waals surface area contributed by atoms with Crippen molar-refractivity contribution in [1.82, 2.24) is 10.2 Å². The number of nitrogens with zero attached hydrogens (tertiary/aromatic N) is 1. The summed E-state index contributed by atoms with van der Waals surface area (Å²) >= 11 is 5.83. The van der Waals surface area contributed by atoms with Gasteiger partial charge in [-0.25, -0.2) is 9.18 Å². The van der Waals surface area contributed by atoms with Gasteiger partial charge in [0.1, 0.15) is 11.4 Å². The van der Waals surface area contributed by atoms with Crippen LogP contribution in [0.4, 0.5) is 9.18 Å².